The van der Waals surface area contributed by atoms with Crippen molar-refractivity contribution in [2.24, 2.45) is 0 Å². The molecule has 1 aromatic carbocycles. The van der Waals surface area contributed by atoms with Gasteiger partial charge in [-0.2, -0.15) is 0 Å². The van der Waals surface area contributed by atoms with E-state index >= 15 is 0 Å². The number of rotatable bonds is 5. The van der Waals surface area contributed by atoms with E-state index in [0.29, 0.717) is 23.9 Å². The van der Waals surface area contributed by atoms with Gasteiger partial charge in [0.2, 0.25) is 0 Å². The van der Waals surface area contributed by atoms with Crippen molar-refractivity contribution in [1.82, 2.24) is 9.88 Å². The Labute approximate surface area is 196 Å². The summed E-state index contributed by atoms with van der Waals surface area (Å²) in [5.74, 6) is -1.55. The number of fused-ring (bicyclic) bond motifs is 1. The summed E-state index contributed by atoms with van der Waals surface area (Å²) in [7, 11) is 0. The smallest absolute Gasteiger partial charge is 0.410 e. The first-order valence-corrected chi connectivity index (χ1v) is 10.5. The van der Waals surface area contributed by atoms with Crippen molar-refractivity contribution >= 4 is 51.7 Å². The number of carbonyl (C=O) groups is 1. The number of furan rings is 1. The second-order valence-corrected chi connectivity index (χ2v) is 8.07. The molecule has 0 saturated carbocycles. The van der Waals surface area contributed by atoms with E-state index < -0.39 is 28.8 Å². The van der Waals surface area contributed by atoms with Gasteiger partial charge in [-0.05, 0) is 41.0 Å². The summed E-state index contributed by atoms with van der Waals surface area (Å²) >= 11 is 12.2. The van der Waals surface area contributed by atoms with Gasteiger partial charge in [-0.15, -0.1) is 0 Å². The van der Waals surface area contributed by atoms with Crippen LogP contribution in [0.15, 0.2) is 35.1 Å². The molecule has 9 nitrogen and oxygen atoms in total. The average molecular weight is 496 g/mol. The van der Waals surface area contributed by atoms with Crippen molar-refractivity contribution in [2.75, 3.05) is 13.1 Å². The van der Waals surface area contributed by atoms with Gasteiger partial charge in [0, 0.05) is 29.2 Å². The SMILES string of the molecule is CC(Oc1c([N+](=O)[O-])ncc2c(C3=CCN(C(=O)O)CC3)coc12)c1c(Cl)ccc(F)c1Cl. The zero-order chi connectivity index (χ0) is 23.9. The minimum Gasteiger partial charge on any atom is -0.475 e. The van der Waals surface area contributed by atoms with Crippen LogP contribution in [0.25, 0.3) is 16.5 Å². The Kier molecular flexibility index (Phi) is 6.13. The van der Waals surface area contributed by atoms with Gasteiger partial charge in [-0.1, -0.05) is 29.3 Å². The van der Waals surface area contributed by atoms with E-state index in [-0.39, 0.29) is 33.5 Å². The lowest BCUT2D eigenvalue weighted by Gasteiger charge is -2.23. The van der Waals surface area contributed by atoms with E-state index in [1.807, 2.05) is 0 Å². The Bertz CT molecular complexity index is 1310. The quantitative estimate of drug-likeness (QED) is 0.258. The number of hydrogen-bond acceptors (Lipinski definition) is 6. The highest BCUT2D eigenvalue weighted by Crippen LogP contribution is 2.42. The summed E-state index contributed by atoms with van der Waals surface area (Å²) < 4.78 is 25.4. The maximum absolute atomic E-state index is 14.0. The van der Waals surface area contributed by atoms with Crippen LogP contribution >= 0.6 is 23.2 Å². The van der Waals surface area contributed by atoms with E-state index in [1.165, 1.54) is 30.4 Å². The molecule has 4 rings (SSSR count). The van der Waals surface area contributed by atoms with E-state index in [2.05, 4.69) is 4.98 Å². The second kappa shape index (κ2) is 8.87. The molecule has 1 unspecified atom stereocenters. The van der Waals surface area contributed by atoms with E-state index in [4.69, 9.17) is 37.5 Å². The lowest BCUT2D eigenvalue weighted by Crippen LogP contribution is -2.33. The van der Waals surface area contributed by atoms with Crippen LogP contribution in [0.4, 0.5) is 15.0 Å². The highest BCUT2D eigenvalue weighted by Gasteiger charge is 2.30. The third-order valence-electron chi connectivity index (χ3n) is 5.33. The van der Waals surface area contributed by atoms with Gasteiger partial charge in [0.25, 0.3) is 5.75 Å². The van der Waals surface area contributed by atoms with Crippen molar-refractivity contribution in [3.63, 3.8) is 0 Å². The van der Waals surface area contributed by atoms with Crippen LogP contribution in [-0.4, -0.2) is 39.1 Å². The number of amides is 1. The lowest BCUT2D eigenvalue weighted by atomic mass is 9.99. The van der Waals surface area contributed by atoms with Crippen molar-refractivity contribution < 1.29 is 28.4 Å². The minimum atomic E-state index is -1.01. The first-order chi connectivity index (χ1) is 15.7. The molecule has 0 bridgehead atoms. The number of aromatic nitrogens is 1. The van der Waals surface area contributed by atoms with Crippen LogP contribution in [0, 0.1) is 15.9 Å². The molecule has 3 heterocycles. The predicted molar refractivity (Wildman–Crippen MR) is 118 cm³/mol. The Morgan fingerprint density at radius 3 is 2.82 bits per heavy atom. The maximum Gasteiger partial charge on any atom is 0.410 e. The fourth-order valence-electron chi connectivity index (χ4n) is 3.68. The highest BCUT2D eigenvalue weighted by atomic mass is 35.5. The number of nitro groups is 1. The van der Waals surface area contributed by atoms with Gasteiger partial charge >= 0.3 is 11.9 Å². The molecule has 0 spiro atoms. The minimum absolute atomic E-state index is 0.0729. The largest absolute Gasteiger partial charge is 0.475 e. The van der Waals surface area contributed by atoms with Crippen LogP contribution in [0.5, 0.6) is 5.75 Å². The molecule has 12 heteroatoms. The van der Waals surface area contributed by atoms with Gasteiger partial charge in [-0.25, -0.2) is 9.18 Å². The van der Waals surface area contributed by atoms with E-state index in [1.54, 1.807) is 6.08 Å². The first kappa shape index (κ1) is 22.8. The predicted octanol–water partition coefficient (Wildman–Crippen LogP) is 6.09. The lowest BCUT2D eigenvalue weighted by molar-refractivity contribution is -0.390. The van der Waals surface area contributed by atoms with Crippen LogP contribution in [0.1, 0.15) is 30.6 Å². The molecule has 0 saturated heterocycles. The number of ether oxygens (including phenoxy) is 1. The van der Waals surface area contributed by atoms with Gasteiger partial charge in [0.15, 0.2) is 11.8 Å². The van der Waals surface area contributed by atoms with Crippen molar-refractivity contribution in [1.29, 1.82) is 0 Å². The van der Waals surface area contributed by atoms with Crippen molar-refractivity contribution in [3.05, 3.63) is 67.8 Å². The molecule has 1 aliphatic rings. The molecular weight excluding hydrogens is 480 g/mol. The summed E-state index contributed by atoms with van der Waals surface area (Å²) in [6.07, 6.45) is 2.91. The molecule has 0 aliphatic carbocycles. The number of hydrogen-bond donors (Lipinski definition) is 1. The third-order valence-corrected chi connectivity index (χ3v) is 6.05. The molecular formula is C21H16Cl2FN3O6. The molecule has 2 aromatic heterocycles. The van der Waals surface area contributed by atoms with Gasteiger partial charge in [-0.3, -0.25) is 0 Å². The topological polar surface area (TPSA) is 119 Å². The monoisotopic (exact) mass is 495 g/mol. The standard InChI is InChI=1S/C21H16Cl2FN3O6/c1-10(16-14(22)2-3-15(24)17(16)23)33-19-18-12(8-25-20(19)27(30)31)13(9-32-18)11-4-6-26(7-5-11)21(28)29/h2-4,8-10H,5-7H2,1H3,(H,28,29). The molecule has 1 aliphatic heterocycles. The van der Waals surface area contributed by atoms with Crippen LogP contribution in [0.3, 0.4) is 0 Å². The summed E-state index contributed by atoms with van der Waals surface area (Å²) in [5, 5.41) is 21.1. The summed E-state index contributed by atoms with van der Waals surface area (Å²) in [4.78, 5) is 27.2. The van der Waals surface area contributed by atoms with Crippen LogP contribution < -0.4 is 4.74 Å². The van der Waals surface area contributed by atoms with Gasteiger partial charge in [0.05, 0.1) is 16.7 Å². The number of pyridine rings is 1. The summed E-state index contributed by atoms with van der Waals surface area (Å²) in [6, 6.07) is 2.42. The van der Waals surface area contributed by atoms with Crippen molar-refractivity contribution in [3.8, 4) is 5.75 Å². The molecule has 3 aromatic rings. The number of carboxylic acid groups (broad SMARTS) is 1. The summed E-state index contributed by atoms with van der Waals surface area (Å²) in [5.41, 5.74) is 1.64. The maximum atomic E-state index is 14.0. The van der Waals surface area contributed by atoms with E-state index in [9.17, 15) is 19.3 Å². The van der Waals surface area contributed by atoms with Crippen LogP contribution in [-0.2, 0) is 0 Å². The Morgan fingerprint density at radius 1 is 1.42 bits per heavy atom. The van der Waals surface area contributed by atoms with Gasteiger partial charge < -0.3 is 29.3 Å². The highest BCUT2D eigenvalue weighted by molar-refractivity contribution is 6.36. The molecule has 1 atom stereocenters. The van der Waals surface area contributed by atoms with E-state index in [0.717, 1.165) is 11.6 Å². The van der Waals surface area contributed by atoms with Gasteiger partial charge in [0.1, 0.15) is 11.9 Å². The molecule has 0 radical (unpaired) electrons. The average Bonchev–Trinajstić information content (AvgIpc) is 3.21. The first-order valence-electron chi connectivity index (χ1n) is 9.71. The Balaban J connectivity index is 1.77. The number of benzene rings is 1. The van der Waals surface area contributed by atoms with Crippen LogP contribution in [0.2, 0.25) is 10.0 Å². The Hall–Kier alpha value is -3.37. The Morgan fingerprint density at radius 2 is 2.18 bits per heavy atom. The third kappa shape index (κ3) is 4.19. The number of nitrogens with zero attached hydrogens (tertiary/aromatic N) is 3. The zero-order valence-electron chi connectivity index (χ0n) is 17.0. The molecule has 0 fully saturated rings. The second-order valence-electron chi connectivity index (χ2n) is 7.29. The molecule has 33 heavy (non-hydrogen) atoms. The fourth-order valence-corrected chi connectivity index (χ4v) is 4.36. The number of halogens is 3. The molecule has 1 N–H and O–H groups in total. The van der Waals surface area contributed by atoms with Crippen molar-refractivity contribution in [2.45, 2.75) is 19.4 Å². The summed E-state index contributed by atoms with van der Waals surface area (Å²) in [6.45, 7) is 2.02. The fraction of sp³-hybridized carbons (Fsp3) is 0.238. The normalized spacial score (nSPS) is 14.8. The zero-order valence-corrected chi connectivity index (χ0v) is 18.6. The molecule has 172 valence electrons. The molecule has 1 amide bonds.